The third-order valence-electron chi connectivity index (χ3n) is 15.1. The molecule has 0 aliphatic carbocycles. The zero-order valence-electron chi connectivity index (χ0n) is 39.4. The topological polar surface area (TPSA) is 32.0 Å². The maximum absolute atomic E-state index is 10.3. The van der Waals surface area contributed by atoms with Crippen LogP contribution in [0.1, 0.15) is 54.2 Å². The minimum Gasteiger partial charge on any atom is -0.310 e. The van der Waals surface area contributed by atoms with E-state index < -0.39 is 5.41 Å². The number of hydrogen-bond acceptors (Lipinski definition) is 2. The lowest BCUT2D eigenvalue weighted by Gasteiger charge is -2.49. The molecule has 11 aromatic rings. The highest BCUT2D eigenvalue weighted by Gasteiger charge is 2.52. The van der Waals surface area contributed by atoms with Crippen molar-refractivity contribution in [3.05, 3.63) is 270 Å². The third kappa shape index (κ3) is 6.15. The highest BCUT2D eigenvalue weighted by Crippen LogP contribution is 2.53. The van der Waals surface area contributed by atoms with E-state index in [1.807, 2.05) is 6.07 Å². The van der Waals surface area contributed by atoms with Gasteiger partial charge in [-0.2, -0.15) is 5.26 Å². The van der Waals surface area contributed by atoms with Crippen molar-refractivity contribution in [1.82, 2.24) is 4.57 Å². The van der Waals surface area contributed by atoms with E-state index in [0.717, 1.165) is 66.8 Å². The number of hydrogen-bond donors (Lipinski definition) is 0. The average molecular weight is 894 g/mol. The van der Waals surface area contributed by atoms with E-state index in [2.05, 4.69) is 267 Å². The average Bonchev–Trinajstić information content (AvgIpc) is 3.75. The van der Waals surface area contributed by atoms with Crippen LogP contribution < -0.4 is 21.3 Å². The molecule has 2 aliphatic heterocycles. The predicted molar refractivity (Wildman–Crippen MR) is 293 cm³/mol. The zero-order chi connectivity index (χ0) is 47.1. The third-order valence-corrected chi connectivity index (χ3v) is 15.1. The Morgan fingerprint density at radius 2 is 1.01 bits per heavy atom. The summed E-state index contributed by atoms with van der Waals surface area (Å²) in [5.74, 6) is 0. The Morgan fingerprint density at radius 1 is 0.471 bits per heavy atom. The number of fused-ring (bicyclic) bond motifs is 7. The molecule has 0 unspecified atom stereocenters. The molecule has 0 atom stereocenters. The van der Waals surface area contributed by atoms with Crippen LogP contribution >= 0.6 is 0 Å². The molecule has 10 aromatic carbocycles. The van der Waals surface area contributed by atoms with Gasteiger partial charge in [0.25, 0.3) is 0 Å². The second-order valence-electron chi connectivity index (χ2n) is 19.9. The predicted octanol–water partition coefficient (Wildman–Crippen LogP) is 14.3. The molecule has 13 rings (SSSR count). The largest absolute Gasteiger partial charge is 0.310 e. The lowest BCUT2D eigenvalue weighted by Crippen LogP contribution is -2.65. The van der Waals surface area contributed by atoms with Gasteiger partial charge >= 0.3 is 0 Å². The molecular formula is C66H48BN3. The monoisotopic (exact) mass is 893 g/mol. The molecule has 70 heavy (non-hydrogen) atoms. The summed E-state index contributed by atoms with van der Waals surface area (Å²) >= 11 is 0. The fraction of sp³-hybridized carbons (Fsp3) is 0.0758. The molecule has 4 heteroatoms. The number of anilines is 3. The summed E-state index contributed by atoms with van der Waals surface area (Å²) in [6, 6.07) is 89.9. The molecule has 0 saturated heterocycles. The molecule has 3 heterocycles. The Hall–Kier alpha value is -8.65. The Kier molecular flexibility index (Phi) is 9.48. The van der Waals surface area contributed by atoms with Crippen LogP contribution in [-0.4, -0.2) is 11.3 Å². The second-order valence-corrected chi connectivity index (χ2v) is 19.9. The molecular weight excluding hydrogens is 846 g/mol. The highest BCUT2D eigenvalue weighted by molar-refractivity contribution is 6.99. The van der Waals surface area contributed by atoms with Gasteiger partial charge in [0.1, 0.15) is 0 Å². The Morgan fingerprint density at radius 3 is 1.63 bits per heavy atom. The maximum Gasteiger partial charge on any atom is 0.247 e. The summed E-state index contributed by atoms with van der Waals surface area (Å²) in [4.78, 5) is 2.60. The van der Waals surface area contributed by atoms with Crippen molar-refractivity contribution < 1.29 is 0 Å². The van der Waals surface area contributed by atoms with Crippen molar-refractivity contribution in [1.29, 1.82) is 5.26 Å². The molecule has 0 amide bonds. The van der Waals surface area contributed by atoms with Crippen LogP contribution in [0.5, 0.6) is 0 Å². The highest BCUT2D eigenvalue weighted by atomic mass is 15.2. The van der Waals surface area contributed by atoms with Crippen molar-refractivity contribution in [3.63, 3.8) is 0 Å². The lowest BCUT2D eigenvalue weighted by molar-refractivity contribution is 0.591. The number of benzene rings is 10. The molecule has 2 aliphatic rings. The smallest absolute Gasteiger partial charge is 0.247 e. The second kappa shape index (κ2) is 16.0. The van der Waals surface area contributed by atoms with Gasteiger partial charge in [-0.3, -0.25) is 0 Å². The molecule has 0 radical (unpaired) electrons. The van der Waals surface area contributed by atoms with Crippen LogP contribution in [0, 0.1) is 11.3 Å². The minimum absolute atomic E-state index is 0.0713. The first-order chi connectivity index (χ1) is 34.3. The Labute approximate surface area is 410 Å². The van der Waals surface area contributed by atoms with Gasteiger partial charge in [0.05, 0.1) is 33.8 Å². The number of nitrogens with zero attached hydrogens (tertiary/aromatic N) is 3. The maximum atomic E-state index is 10.3. The van der Waals surface area contributed by atoms with Crippen LogP contribution in [0.2, 0.25) is 0 Å². The van der Waals surface area contributed by atoms with Gasteiger partial charge in [0.2, 0.25) is 6.71 Å². The van der Waals surface area contributed by atoms with Gasteiger partial charge in [-0.25, -0.2) is 0 Å². The van der Waals surface area contributed by atoms with Crippen molar-refractivity contribution in [2.45, 2.75) is 31.6 Å². The molecule has 0 spiro atoms. The quantitative estimate of drug-likeness (QED) is 0.156. The fourth-order valence-corrected chi connectivity index (χ4v) is 12.1. The molecule has 3 nitrogen and oxygen atoms in total. The summed E-state index contributed by atoms with van der Waals surface area (Å²) in [6.45, 7) is 6.74. The van der Waals surface area contributed by atoms with Gasteiger partial charge in [0, 0.05) is 39.0 Å². The van der Waals surface area contributed by atoms with Gasteiger partial charge < -0.3 is 9.47 Å². The van der Waals surface area contributed by atoms with Crippen molar-refractivity contribution in [2.24, 2.45) is 0 Å². The van der Waals surface area contributed by atoms with Crippen LogP contribution in [-0.2, 0) is 10.8 Å². The first-order valence-electron chi connectivity index (χ1n) is 24.4. The molecule has 330 valence electrons. The molecule has 0 fully saturated rings. The number of aromatic nitrogens is 1. The summed E-state index contributed by atoms with van der Waals surface area (Å²) in [6.07, 6.45) is 0. The summed E-state index contributed by atoms with van der Waals surface area (Å²) in [5, 5.41) is 12.5. The van der Waals surface area contributed by atoms with Crippen molar-refractivity contribution >= 4 is 62.0 Å². The van der Waals surface area contributed by atoms with E-state index in [4.69, 9.17) is 0 Å². The van der Waals surface area contributed by atoms with E-state index in [-0.39, 0.29) is 12.1 Å². The summed E-state index contributed by atoms with van der Waals surface area (Å²) in [7, 11) is 0. The van der Waals surface area contributed by atoms with E-state index in [1.54, 1.807) is 0 Å². The van der Waals surface area contributed by atoms with Crippen LogP contribution in [0.15, 0.2) is 237 Å². The molecule has 0 bridgehead atoms. The standard InChI is InChI=1S/C66H48BN3/c1-65(2,3)49-36-38-60-54(40-49)53-39-44(43-68)35-37-59(53)69(60)50-41-56-63-62(42-50)70(64-51(45-21-8-4-9-22-45)29-20-30-52(64)46-23-10-5-11-24-46)61-34-19-18-33-58(61)67(63)57-32-17-16-31-55(57)66(56,47-25-12-6-13-26-47)48-27-14-7-15-28-48/h4-42H,1-3H3. The number of nitriles is 1. The molecule has 0 saturated carbocycles. The summed E-state index contributed by atoms with van der Waals surface area (Å²) < 4.78 is 2.46. The normalized spacial score (nSPS) is 13.4. The SMILES string of the molecule is CC(C)(C)c1ccc2c(c1)c1cc(C#N)ccc1n2-c1cc2c3c(c1)C(c1ccccc1)(c1ccccc1)c1ccccc1B3c1ccccc1N2c1c(-c2ccccc2)cccc1-c1ccccc1. The van der Waals surface area contributed by atoms with Gasteiger partial charge in [-0.05, 0) is 104 Å². The van der Waals surface area contributed by atoms with Gasteiger partial charge in [-0.15, -0.1) is 0 Å². The Balaban J connectivity index is 1.25. The van der Waals surface area contributed by atoms with E-state index in [9.17, 15) is 5.26 Å². The fourth-order valence-electron chi connectivity index (χ4n) is 12.1. The van der Waals surface area contributed by atoms with E-state index >= 15 is 0 Å². The first-order valence-corrected chi connectivity index (χ1v) is 24.4. The van der Waals surface area contributed by atoms with E-state index in [0.29, 0.717) is 5.56 Å². The minimum atomic E-state index is -0.721. The number of rotatable bonds is 6. The van der Waals surface area contributed by atoms with Crippen LogP contribution in [0.3, 0.4) is 0 Å². The molecule has 1 aromatic heterocycles. The van der Waals surface area contributed by atoms with Gasteiger partial charge in [0.15, 0.2) is 0 Å². The summed E-state index contributed by atoms with van der Waals surface area (Å²) in [5.41, 5.74) is 21.1. The number of para-hydroxylation sites is 2. The first kappa shape index (κ1) is 41.5. The van der Waals surface area contributed by atoms with Crippen LogP contribution in [0.25, 0.3) is 49.7 Å². The zero-order valence-corrected chi connectivity index (χ0v) is 39.4. The Bertz CT molecular complexity index is 3780. The van der Waals surface area contributed by atoms with Gasteiger partial charge in [-0.1, -0.05) is 214 Å². The lowest BCUT2D eigenvalue weighted by atomic mass is 9.29. The van der Waals surface area contributed by atoms with Crippen molar-refractivity contribution in [2.75, 3.05) is 4.90 Å². The van der Waals surface area contributed by atoms with Crippen LogP contribution in [0.4, 0.5) is 17.1 Å². The molecule has 0 N–H and O–H groups in total. The van der Waals surface area contributed by atoms with Crippen molar-refractivity contribution in [3.8, 4) is 34.0 Å². The van der Waals surface area contributed by atoms with E-state index in [1.165, 1.54) is 44.2 Å².